The molecule has 0 amide bonds. The number of rotatable bonds is 5. The van der Waals surface area contributed by atoms with Crippen molar-refractivity contribution in [1.82, 2.24) is 5.32 Å². The summed E-state index contributed by atoms with van der Waals surface area (Å²) in [6.07, 6.45) is 1.55. The summed E-state index contributed by atoms with van der Waals surface area (Å²) in [5.41, 5.74) is -0.453. The van der Waals surface area contributed by atoms with Gasteiger partial charge in [-0.15, -0.1) is 0 Å². The van der Waals surface area contributed by atoms with Crippen LogP contribution in [0.25, 0.3) is 5.57 Å². The molecule has 7 heteroatoms. The molecule has 0 fully saturated rings. The molecule has 118 valence electrons. The number of nitriles is 2. The number of halogens is 2. The quantitative estimate of drug-likeness (QED) is 0.663. The van der Waals surface area contributed by atoms with Crippen molar-refractivity contribution >= 4 is 22.8 Å². The average molecular weight is 333 g/mol. The van der Waals surface area contributed by atoms with Gasteiger partial charge in [-0.05, 0) is 24.3 Å². The van der Waals surface area contributed by atoms with Crippen LogP contribution < -0.4 is 10.1 Å². The van der Waals surface area contributed by atoms with Crippen LogP contribution in [0.2, 0.25) is 0 Å². The van der Waals surface area contributed by atoms with Crippen LogP contribution in [0.4, 0.5) is 8.78 Å². The molecular formula is C16H13F2N3OS. The van der Waals surface area contributed by atoms with Crippen LogP contribution >= 0.6 is 12.2 Å². The van der Waals surface area contributed by atoms with Gasteiger partial charge in [-0.3, -0.25) is 0 Å². The van der Waals surface area contributed by atoms with E-state index in [1.807, 2.05) is 12.1 Å². The molecule has 1 N–H and O–H groups in total. The van der Waals surface area contributed by atoms with Crippen LogP contribution in [0.1, 0.15) is 17.5 Å². The molecule has 0 saturated carbocycles. The van der Waals surface area contributed by atoms with E-state index in [1.165, 1.54) is 18.2 Å². The summed E-state index contributed by atoms with van der Waals surface area (Å²) >= 11 is 5.27. The molecule has 0 saturated heterocycles. The van der Waals surface area contributed by atoms with Gasteiger partial charge in [0, 0.05) is 17.7 Å². The summed E-state index contributed by atoms with van der Waals surface area (Å²) < 4.78 is 32.1. The minimum atomic E-state index is -1.72. The predicted octanol–water partition coefficient (Wildman–Crippen LogP) is 2.84. The van der Waals surface area contributed by atoms with E-state index in [0.29, 0.717) is 23.2 Å². The number of hydrogen-bond donors (Lipinski definition) is 1. The molecular weight excluding hydrogens is 320 g/mol. The highest BCUT2D eigenvalue weighted by Gasteiger charge is 2.37. The maximum atomic E-state index is 13.3. The number of nitrogens with zero attached hydrogens (tertiary/aromatic N) is 2. The molecule has 1 heterocycles. The predicted molar refractivity (Wildman–Crippen MR) is 85.3 cm³/mol. The van der Waals surface area contributed by atoms with E-state index in [4.69, 9.17) is 27.5 Å². The molecule has 1 aliphatic rings. The van der Waals surface area contributed by atoms with Crippen molar-refractivity contribution < 1.29 is 13.5 Å². The molecule has 4 nitrogen and oxygen atoms in total. The van der Waals surface area contributed by atoms with Gasteiger partial charge in [0.25, 0.3) is 0 Å². The number of hydrogen-bond acceptors (Lipinski definition) is 4. The first kappa shape index (κ1) is 16.9. The van der Waals surface area contributed by atoms with Gasteiger partial charge in [-0.25, -0.2) is 8.78 Å². The van der Waals surface area contributed by atoms with E-state index >= 15 is 0 Å². The van der Waals surface area contributed by atoms with Crippen LogP contribution in [0.3, 0.4) is 0 Å². The van der Waals surface area contributed by atoms with Gasteiger partial charge >= 0.3 is 0 Å². The van der Waals surface area contributed by atoms with Crippen LogP contribution in [-0.2, 0) is 0 Å². The van der Waals surface area contributed by atoms with E-state index in [2.05, 4.69) is 5.32 Å². The Kier molecular flexibility index (Phi) is 5.25. The monoisotopic (exact) mass is 333 g/mol. The highest BCUT2D eigenvalue weighted by atomic mass is 32.1. The van der Waals surface area contributed by atoms with Gasteiger partial charge in [0.05, 0.1) is 24.1 Å². The van der Waals surface area contributed by atoms with Crippen molar-refractivity contribution in [2.75, 3.05) is 19.9 Å². The molecule has 0 unspecified atom stereocenters. The molecule has 1 aromatic rings. The molecule has 2 rings (SSSR count). The second-order valence-electron chi connectivity index (χ2n) is 4.98. The fourth-order valence-corrected chi connectivity index (χ4v) is 2.44. The van der Waals surface area contributed by atoms with E-state index in [1.54, 1.807) is 6.07 Å². The Morgan fingerprint density at radius 1 is 1.30 bits per heavy atom. The summed E-state index contributed by atoms with van der Waals surface area (Å²) in [5.74, 6) is 0.265. The Balaban J connectivity index is 2.46. The highest BCUT2D eigenvalue weighted by molar-refractivity contribution is 7.81. The maximum absolute atomic E-state index is 13.3. The zero-order valence-electron chi connectivity index (χ0n) is 12.1. The Hall–Kier alpha value is -2.51. The summed E-state index contributed by atoms with van der Waals surface area (Å²) in [6, 6.07) is 8.54. The lowest BCUT2D eigenvalue weighted by Gasteiger charge is -2.33. The molecule has 0 spiro atoms. The third kappa shape index (κ3) is 3.46. The van der Waals surface area contributed by atoms with Gasteiger partial charge in [0.15, 0.2) is 5.60 Å². The first-order chi connectivity index (χ1) is 11.1. The molecule has 0 atom stereocenters. The summed E-state index contributed by atoms with van der Waals surface area (Å²) in [7, 11) is 0. The summed E-state index contributed by atoms with van der Waals surface area (Å²) in [6.45, 7) is -1.78. The molecule has 1 aromatic carbocycles. The van der Waals surface area contributed by atoms with Crippen molar-refractivity contribution in [2.24, 2.45) is 0 Å². The van der Waals surface area contributed by atoms with Crippen molar-refractivity contribution in [3.63, 3.8) is 0 Å². The van der Waals surface area contributed by atoms with Crippen LogP contribution in [-0.4, -0.2) is 30.5 Å². The van der Waals surface area contributed by atoms with Gasteiger partial charge in [-0.1, -0.05) is 12.2 Å². The largest absolute Gasteiger partial charge is 0.477 e. The number of thiocarbonyl (C=S) groups is 1. The number of ether oxygens (including phenoxy) is 1. The number of benzene rings is 1. The SMILES string of the molecule is N#CCCNC(=S)C1=CC(CF)(CF)Oc2ccc(C#N)cc21. The highest BCUT2D eigenvalue weighted by Crippen LogP contribution is 2.37. The first-order valence-electron chi connectivity index (χ1n) is 6.82. The van der Waals surface area contributed by atoms with Crippen molar-refractivity contribution in [2.45, 2.75) is 12.0 Å². The minimum Gasteiger partial charge on any atom is -0.477 e. The number of nitrogens with one attached hydrogen (secondary N) is 1. The van der Waals surface area contributed by atoms with Gasteiger partial charge < -0.3 is 10.1 Å². The third-order valence-corrected chi connectivity index (χ3v) is 3.70. The normalized spacial score (nSPS) is 14.5. The van der Waals surface area contributed by atoms with E-state index in [9.17, 15) is 8.78 Å². The Bertz CT molecular complexity index is 730. The third-order valence-electron chi connectivity index (χ3n) is 3.34. The fourth-order valence-electron chi connectivity index (χ4n) is 2.17. The fraction of sp³-hybridized carbons (Fsp3) is 0.312. The molecule has 0 bridgehead atoms. The maximum Gasteiger partial charge on any atom is 0.184 e. The molecule has 23 heavy (non-hydrogen) atoms. The zero-order chi connectivity index (χ0) is 16.9. The molecule has 0 aromatic heterocycles. The van der Waals surface area contributed by atoms with E-state index in [0.717, 1.165) is 0 Å². The Morgan fingerprint density at radius 3 is 2.65 bits per heavy atom. The summed E-state index contributed by atoms with van der Waals surface area (Å²) in [5, 5.41) is 20.5. The van der Waals surface area contributed by atoms with Gasteiger partial charge in [-0.2, -0.15) is 10.5 Å². The number of alkyl halides is 2. The van der Waals surface area contributed by atoms with E-state index < -0.39 is 19.0 Å². The average Bonchev–Trinajstić information content (AvgIpc) is 2.60. The second kappa shape index (κ2) is 7.17. The van der Waals surface area contributed by atoms with Gasteiger partial charge in [0.1, 0.15) is 24.1 Å². The first-order valence-corrected chi connectivity index (χ1v) is 7.23. The van der Waals surface area contributed by atoms with Crippen LogP contribution in [0, 0.1) is 22.7 Å². The topological polar surface area (TPSA) is 68.8 Å². The summed E-state index contributed by atoms with van der Waals surface area (Å²) in [4.78, 5) is 0.256. The molecule has 1 aliphatic heterocycles. The standard InChI is InChI=1S/C16H13F2N3OS/c17-9-16(10-18)7-13(15(23)21-5-1-4-19)12-6-11(8-20)2-3-14(12)22-16/h2-3,6-7H,1,5,9-10H2,(H,21,23). The smallest absolute Gasteiger partial charge is 0.184 e. The number of fused-ring (bicyclic) bond motifs is 1. The Labute approximate surface area is 138 Å². The van der Waals surface area contributed by atoms with Crippen LogP contribution in [0.5, 0.6) is 5.75 Å². The lowest BCUT2D eigenvalue weighted by molar-refractivity contribution is 0.0595. The lowest BCUT2D eigenvalue weighted by Crippen LogP contribution is -2.42. The van der Waals surface area contributed by atoms with Crippen molar-refractivity contribution in [1.29, 1.82) is 10.5 Å². The minimum absolute atomic E-state index is 0.242. The van der Waals surface area contributed by atoms with Gasteiger partial charge in [0.2, 0.25) is 0 Å². The van der Waals surface area contributed by atoms with Crippen molar-refractivity contribution in [3.8, 4) is 17.9 Å². The second-order valence-corrected chi connectivity index (χ2v) is 5.39. The van der Waals surface area contributed by atoms with Crippen molar-refractivity contribution in [3.05, 3.63) is 35.4 Å². The van der Waals surface area contributed by atoms with Crippen LogP contribution in [0.15, 0.2) is 24.3 Å². The Morgan fingerprint density at radius 2 is 2.04 bits per heavy atom. The molecule has 0 aliphatic carbocycles. The zero-order valence-corrected chi connectivity index (χ0v) is 12.9. The lowest BCUT2D eigenvalue weighted by atomic mass is 9.92. The van der Waals surface area contributed by atoms with E-state index in [-0.39, 0.29) is 17.2 Å². The molecule has 0 radical (unpaired) electrons.